The number of nitrogens with zero attached hydrogens (tertiary/aromatic N) is 2. The van der Waals surface area contributed by atoms with E-state index in [0.29, 0.717) is 53.0 Å². The number of aryl methyl sites for hydroxylation is 2. The normalized spacial score (nSPS) is 14.6. The Labute approximate surface area is 215 Å². The second kappa shape index (κ2) is 9.89. The lowest BCUT2D eigenvalue weighted by molar-refractivity contribution is 0.0716. The zero-order chi connectivity index (χ0) is 26.1. The van der Waals surface area contributed by atoms with Crippen LogP contribution in [0.25, 0.3) is 11.3 Å². The number of phenolic OH excluding ortho intramolecular Hbond substituents is 1. The molecule has 1 unspecified atom stereocenters. The van der Waals surface area contributed by atoms with Crippen LogP contribution in [0.3, 0.4) is 0 Å². The predicted molar refractivity (Wildman–Crippen MR) is 139 cm³/mol. The number of ether oxygens (including phenoxy) is 2. The van der Waals surface area contributed by atoms with Crippen molar-refractivity contribution in [3.05, 3.63) is 95.1 Å². The molecule has 190 valence electrons. The Kier molecular flexibility index (Phi) is 6.48. The minimum absolute atomic E-state index is 0.116. The molecule has 3 heterocycles. The number of hydrogen-bond acceptors (Lipinski definition) is 6. The second-order valence-corrected chi connectivity index (χ2v) is 8.99. The molecule has 8 nitrogen and oxygen atoms in total. The number of aromatic hydroxyl groups is 1. The number of carbonyl (C=O) groups excluding carboxylic acids is 1. The van der Waals surface area contributed by atoms with Crippen LogP contribution < -0.4 is 9.47 Å². The van der Waals surface area contributed by atoms with E-state index in [1.165, 1.54) is 0 Å². The van der Waals surface area contributed by atoms with Gasteiger partial charge in [-0.15, -0.1) is 0 Å². The molecule has 8 heteroatoms. The largest absolute Gasteiger partial charge is 0.507 e. The maximum Gasteiger partial charge on any atom is 0.273 e. The average molecular weight is 500 g/mol. The van der Waals surface area contributed by atoms with Crippen LogP contribution in [0.4, 0.5) is 0 Å². The molecule has 5 rings (SSSR count). The molecule has 1 aliphatic rings. The van der Waals surface area contributed by atoms with Gasteiger partial charge in [0, 0.05) is 11.1 Å². The molecule has 0 saturated carbocycles. The molecule has 0 aliphatic carbocycles. The van der Waals surface area contributed by atoms with Gasteiger partial charge in [0.2, 0.25) is 0 Å². The molecule has 37 heavy (non-hydrogen) atoms. The summed E-state index contributed by atoms with van der Waals surface area (Å²) in [7, 11) is 0. The minimum atomic E-state index is -0.505. The molecular weight excluding hydrogens is 470 g/mol. The van der Waals surface area contributed by atoms with Crippen LogP contribution in [0, 0.1) is 13.8 Å². The van der Waals surface area contributed by atoms with Crippen LogP contribution in [0.2, 0.25) is 0 Å². The second-order valence-electron chi connectivity index (χ2n) is 8.99. The molecular formula is C29H29N3O5. The van der Waals surface area contributed by atoms with Crippen LogP contribution >= 0.6 is 0 Å². The molecule has 0 saturated heterocycles. The van der Waals surface area contributed by atoms with E-state index >= 15 is 0 Å². The van der Waals surface area contributed by atoms with E-state index in [4.69, 9.17) is 13.9 Å². The molecule has 0 fully saturated rings. The van der Waals surface area contributed by atoms with Crippen LogP contribution in [0.5, 0.6) is 17.2 Å². The first-order chi connectivity index (χ1) is 17.9. The van der Waals surface area contributed by atoms with Crippen LogP contribution in [0.1, 0.15) is 51.5 Å². The highest BCUT2D eigenvalue weighted by atomic mass is 16.5. The van der Waals surface area contributed by atoms with Crippen molar-refractivity contribution < 1.29 is 23.8 Å². The molecule has 0 spiro atoms. The number of furan rings is 1. The van der Waals surface area contributed by atoms with E-state index in [0.717, 1.165) is 16.7 Å². The summed E-state index contributed by atoms with van der Waals surface area (Å²) in [5, 5.41) is 18.3. The van der Waals surface area contributed by atoms with E-state index in [9.17, 15) is 9.90 Å². The highest BCUT2D eigenvalue weighted by molar-refractivity contribution is 6.00. The highest BCUT2D eigenvalue weighted by Gasteiger charge is 2.43. The summed E-state index contributed by atoms with van der Waals surface area (Å²) in [6, 6.07) is 12.5. The van der Waals surface area contributed by atoms with Crippen molar-refractivity contribution in [2.45, 2.75) is 33.4 Å². The van der Waals surface area contributed by atoms with Gasteiger partial charge in [-0.1, -0.05) is 24.8 Å². The number of aromatic nitrogens is 2. The van der Waals surface area contributed by atoms with Crippen molar-refractivity contribution in [2.24, 2.45) is 0 Å². The smallest absolute Gasteiger partial charge is 0.273 e. The third-order valence-corrected chi connectivity index (χ3v) is 6.41. The number of fused-ring (bicyclic) bond motifs is 1. The van der Waals surface area contributed by atoms with Crippen molar-refractivity contribution in [3.8, 4) is 28.5 Å². The maximum atomic E-state index is 13.7. The van der Waals surface area contributed by atoms with Gasteiger partial charge >= 0.3 is 0 Å². The fourth-order valence-corrected chi connectivity index (χ4v) is 4.95. The van der Waals surface area contributed by atoms with Crippen LogP contribution in [0.15, 0.2) is 65.8 Å². The monoisotopic (exact) mass is 499 g/mol. The van der Waals surface area contributed by atoms with Crippen molar-refractivity contribution >= 4 is 5.91 Å². The van der Waals surface area contributed by atoms with Crippen LogP contribution in [-0.4, -0.2) is 39.3 Å². The lowest BCUT2D eigenvalue weighted by atomic mass is 9.93. The quantitative estimate of drug-likeness (QED) is 0.287. The first-order valence-corrected chi connectivity index (χ1v) is 12.2. The Morgan fingerprint density at radius 3 is 2.73 bits per heavy atom. The lowest BCUT2D eigenvalue weighted by Gasteiger charge is -2.26. The molecule has 0 radical (unpaired) electrons. The van der Waals surface area contributed by atoms with Crippen molar-refractivity contribution in [1.82, 2.24) is 15.1 Å². The first kappa shape index (κ1) is 24.2. The van der Waals surface area contributed by atoms with E-state index in [-0.39, 0.29) is 18.2 Å². The van der Waals surface area contributed by atoms with Gasteiger partial charge < -0.3 is 23.9 Å². The Morgan fingerprint density at radius 1 is 1.19 bits per heavy atom. The Hall–Kier alpha value is -4.46. The molecule has 1 amide bonds. The van der Waals surface area contributed by atoms with Gasteiger partial charge in [-0.2, -0.15) is 5.10 Å². The molecule has 0 bridgehead atoms. The first-order valence-electron chi connectivity index (χ1n) is 12.2. The molecule has 2 N–H and O–H groups in total. The summed E-state index contributed by atoms with van der Waals surface area (Å²) in [6.07, 6.45) is 3.26. The van der Waals surface area contributed by atoms with Gasteiger partial charge in [0.1, 0.15) is 29.5 Å². The third kappa shape index (κ3) is 4.35. The Morgan fingerprint density at radius 2 is 2.03 bits per heavy atom. The number of aromatic amines is 1. The fourth-order valence-electron chi connectivity index (χ4n) is 4.95. The van der Waals surface area contributed by atoms with E-state index in [1.807, 2.05) is 51.1 Å². The van der Waals surface area contributed by atoms with Gasteiger partial charge in [0.25, 0.3) is 5.91 Å². The SMILES string of the molecule is C=CCOc1ccc(C2c3c(-c4c(C)cc(C)cc4O)n[nH]c3C(=O)N2Cc2ccco2)cc1OCC. The van der Waals surface area contributed by atoms with E-state index < -0.39 is 6.04 Å². The summed E-state index contributed by atoms with van der Waals surface area (Å²) >= 11 is 0. The fraction of sp³-hybridized carbons (Fsp3) is 0.241. The van der Waals surface area contributed by atoms with Crippen molar-refractivity contribution in [1.29, 1.82) is 0 Å². The molecule has 1 atom stereocenters. The molecule has 2 aromatic carbocycles. The highest BCUT2D eigenvalue weighted by Crippen LogP contribution is 2.47. The third-order valence-electron chi connectivity index (χ3n) is 6.41. The van der Waals surface area contributed by atoms with Gasteiger partial charge in [-0.25, -0.2) is 0 Å². The lowest BCUT2D eigenvalue weighted by Crippen LogP contribution is -2.29. The zero-order valence-corrected chi connectivity index (χ0v) is 21.1. The van der Waals surface area contributed by atoms with Crippen molar-refractivity contribution in [3.63, 3.8) is 0 Å². The number of phenols is 1. The maximum absolute atomic E-state index is 13.7. The zero-order valence-electron chi connectivity index (χ0n) is 21.1. The number of H-pyrrole nitrogens is 1. The Balaban J connectivity index is 1.68. The summed E-state index contributed by atoms with van der Waals surface area (Å²) in [6.45, 7) is 10.5. The topological polar surface area (TPSA) is 101 Å². The number of amides is 1. The number of nitrogens with one attached hydrogen (secondary N) is 1. The predicted octanol–water partition coefficient (Wildman–Crippen LogP) is 5.70. The van der Waals surface area contributed by atoms with Gasteiger partial charge in [0.15, 0.2) is 11.5 Å². The molecule has 2 aromatic heterocycles. The summed E-state index contributed by atoms with van der Waals surface area (Å²) in [5.74, 6) is 1.73. The average Bonchev–Trinajstić information content (AvgIpc) is 3.58. The standard InChI is InChI=1S/C29H29N3O5/c1-5-11-37-22-10-9-19(15-23(22)35-6-2)28-25-26(24-18(4)13-17(3)14-21(24)33)30-31-27(25)29(34)32(28)16-20-8-7-12-36-20/h5,7-10,12-15,28,33H,1,6,11,16H2,2-4H3,(H,30,31). The number of hydrogen-bond donors (Lipinski definition) is 2. The van der Waals surface area contributed by atoms with Gasteiger partial charge in [-0.3, -0.25) is 9.89 Å². The number of carbonyl (C=O) groups is 1. The van der Waals surface area contributed by atoms with Crippen molar-refractivity contribution in [2.75, 3.05) is 13.2 Å². The minimum Gasteiger partial charge on any atom is -0.507 e. The summed E-state index contributed by atoms with van der Waals surface area (Å²) in [4.78, 5) is 15.4. The molecule has 4 aromatic rings. The van der Waals surface area contributed by atoms with Gasteiger partial charge in [-0.05, 0) is 67.8 Å². The van der Waals surface area contributed by atoms with E-state index in [2.05, 4.69) is 16.8 Å². The Bertz CT molecular complexity index is 1430. The number of rotatable bonds is 9. The summed E-state index contributed by atoms with van der Waals surface area (Å²) in [5.41, 5.74) is 4.84. The van der Waals surface area contributed by atoms with E-state index in [1.54, 1.807) is 29.4 Å². The number of benzene rings is 2. The van der Waals surface area contributed by atoms with Gasteiger partial charge in [0.05, 0.1) is 25.5 Å². The summed E-state index contributed by atoms with van der Waals surface area (Å²) < 4.78 is 17.3. The van der Waals surface area contributed by atoms with Crippen LogP contribution in [-0.2, 0) is 6.54 Å². The molecule has 1 aliphatic heterocycles.